The molecule has 0 amide bonds. The summed E-state index contributed by atoms with van der Waals surface area (Å²) in [5.74, 6) is 0. The molecule has 0 unspecified atom stereocenters. The van der Waals surface area contributed by atoms with Crippen LogP contribution in [0.1, 0.15) is 31.1 Å². The lowest BCUT2D eigenvalue weighted by atomic mass is 10.1. The summed E-state index contributed by atoms with van der Waals surface area (Å²) in [5.41, 5.74) is 3.08. The lowest BCUT2D eigenvalue weighted by Gasteiger charge is -2.07. The van der Waals surface area contributed by atoms with Crippen molar-refractivity contribution in [3.63, 3.8) is 0 Å². The van der Waals surface area contributed by atoms with Crippen LogP contribution in [-0.2, 0) is 6.61 Å². The van der Waals surface area contributed by atoms with E-state index in [0.29, 0.717) is 6.04 Å². The van der Waals surface area contributed by atoms with Crippen LogP contribution in [0.25, 0.3) is 10.9 Å². The van der Waals surface area contributed by atoms with Crippen LogP contribution in [0.4, 0.5) is 0 Å². The van der Waals surface area contributed by atoms with Gasteiger partial charge in [-0.15, -0.1) is 0 Å². The number of aromatic nitrogens is 2. The molecule has 15 heavy (non-hydrogen) atoms. The second kappa shape index (κ2) is 3.66. The summed E-state index contributed by atoms with van der Waals surface area (Å²) in [4.78, 5) is 0. The highest BCUT2D eigenvalue weighted by Gasteiger charge is 2.09. The van der Waals surface area contributed by atoms with Crippen LogP contribution in [0.15, 0.2) is 18.2 Å². The summed E-state index contributed by atoms with van der Waals surface area (Å²) in [6, 6.07) is 6.33. The van der Waals surface area contributed by atoms with Crippen LogP contribution in [0, 0.1) is 6.92 Å². The number of nitrogens with zero attached hydrogens (tertiary/aromatic N) is 2. The lowest BCUT2D eigenvalue weighted by Crippen LogP contribution is -2.02. The Morgan fingerprint density at radius 2 is 2.13 bits per heavy atom. The van der Waals surface area contributed by atoms with Gasteiger partial charge in [0.1, 0.15) is 0 Å². The Morgan fingerprint density at radius 1 is 1.40 bits per heavy atom. The van der Waals surface area contributed by atoms with E-state index in [4.69, 9.17) is 5.11 Å². The number of hydrogen-bond acceptors (Lipinski definition) is 2. The van der Waals surface area contributed by atoms with Gasteiger partial charge in [0.15, 0.2) is 0 Å². The zero-order chi connectivity index (χ0) is 11.0. The molecule has 1 N–H and O–H groups in total. The summed E-state index contributed by atoms with van der Waals surface area (Å²) < 4.78 is 2.00. The largest absolute Gasteiger partial charge is 0.392 e. The summed E-state index contributed by atoms with van der Waals surface area (Å²) in [7, 11) is 0. The molecule has 3 nitrogen and oxygen atoms in total. The average molecular weight is 204 g/mol. The van der Waals surface area contributed by atoms with E-state index >= 15 is 0 Å². The minimum Gasteiger partial charge on any atom is -0.392 e. The third-order valence-corrected chi connectivity index (χ3v) is 2.63. The van der Waals surface area contributed by atoms with Gasteiger partial charge in [0.2, 0.25) is 0 Å². The number of rotatable bonds is 2. The Balaban J connectivity index is 2.71. The molecule has 2 rings (SSSR count). The van der Waals surface area contributed by atoms with Gasteiger partial charge in [0.25, 0.3) is 0 Å². The third kappa shape index (κ3) is 1.63. The van der Waals surface area contributed by atoms with E-state index in [1.807, 2.05) is 29.8 Å². The van der Waals surface area contributed by atoms with Crippen LogP contribution >= 0.6 is 0 Å². The second-order valence-corrected chi connectivity index (χ2v) is 4.13. The highest BCUT2D eigenvalue weighted by atomic mass is 16.3. The van der Waals surface area contributed by atoms with Gasteiger partial charge < -0.3 is 5.11 Å². The quantitative estimate of drug-likeness (QED) is 0.815. The van der Waals surface area contributed by atoms with Gasteiger partial charge >= 0.3 is 0 Å². The summed E-state index contributed by atoms with van der Waals surface area (Å²) in [6.07, 6.45) is 0. The maximum atomic E-state index is 9.10. The van der Waals surface area contributed by atoms with Gasteiger partial charge in [-0.25, -0.2) is 0 Å². The van der Waals surface area contributed by atoms with E-state index in [1.165, 1.54) is 5.39 Å². The number of aryl methyl sites for hydroxylation is 1. The third-order valence-electron chi connectivity index (χ3n) is 2.63. The van der Waals surface area contributed by atoms with Gasteiger partial charge in [-0.3, -0.25) is 4.68 Å². The van der Waals surface area contributed by atoms with Crippen LogP contribution in [0.5, 0.6) is 0 Å². The highest BCUT2D eigenvalue weighted by molar-refractivity contribution is 5.82. The predicted molar refractivity (Wildman–Crippen MR) is 60.8 cm³/mol. The van der Waals surface area contributed by atoms with Crippen molar-refractivity contribution >= 4 is 10.9 Å². The molecule has 0 spiro atoms. The Labute approximate surface area is 89.3 Å². The van der Waals surface area contributed by atoms with Crippen LogP contribution < -0.4 is 0 Å². The first-order valence-corrected chi connectivity index (χ1v) is 5.22. The van der Waals surface area contributed by atoms with Gasteiger partial charge in [0.05, 0.1) is 17.8 Å². The summed E-state index contributed by atoms with van der Waals surface area (Å²) in [5, 5.41) is 14.8. The molecular weight excluding hydrogens is 188 g/mol. The maximum absolute atomic E-state index is 9.10. The second-order valence-electron chi connectivity index (χ2n) is 4.13. The smallest absolute Gasteiger partial charge is 0.0691 e. The first kappa shape index (κ1) is 10.2. The zero-order valence-electron chi connectivity index (χ0n) is 9.36. The van der Waals surface area contributed by atoms with E-state index in [2.05, 4.69) is 18.9 Å². The first-order chi connectivity index (χ1) is 7.13. The number of aliphatic hydroxyl groups excluding tert-OH is 1. The Hall–Kier alpha value is -1.35. The minimum absolute atomic E-state index is 0.0816. The molecule has 0 saturated heterocycles. The Morgan fingerprint density at radius 3 is 2.73 bits per heavy atom. The fourth-order valence-corrected chi connectivity index (χ4v) is 1.83. The van der Waals surface area contributed by atoms with Gasteiger partial charge in [-0.2, -0.15) is 5.10 Å². The van der Waals surface area contributed by atoms with Crippen molar-refractivity contribution in [2.24, 2.45) is 0 Å². The Bertz CT molecular complexity index is 486. The molecule has 1 aromatic heterocycles. The van der Waals surface area contributed by atoms with Crippen molar-refractivity contribution in [2.75, 3.05) is 0 Å². The van der Waals surface area contributed by atoms with Crippen molar-refractivity contribution in [1.82, 2.24) is 9.78 Å². The fraction of sp³-hybridized carbons (Fsp3) is 0.417. The monoisotopic (exact) mass is 204 g/mol. The first-order valence-electron chi connectivity index (χ1n) is 5.22. The minimum atomic E-state index is 0.0816. The predicted octanol–water partition coefficient (Wildman–Crippen LogP) is 2.42. The molecule has 1 aromatic carbocycles. The molecule has 3 heteroatoms. The average Bonchev–Trinajstić information content (AvgIpc) is 2.56. The summed E-state index contributed by atoms with van der Waals surface area (Å²) in [6.45, 7) is 6.31. The number of hydrogen-bond donors (Lipinski definition) is 1. The molecule has 0 aliphatic rings. The van der Waals surface area contributed by atoms with Crippen molar-refractivity contribution < 1.29 is 5.11 Å². The Kier molecular flexibility index (Phi) is 2.49. The molecule has 0 aliphatic heterocycles. The van der Waals surface area contributed by atoms with E-state index in [1.54, 1.807) is 0 Å². The molecule has 0 bridgehead atoms. The van der Waals surface area contributed by atoms with Gasteiger partial charge in [-0.1, -0.05) is 12.1 Å². The van der Waals surface area contributed by atoms with Crippen molar-refractivity contribution in [2.45, 2.75) is 33.4 Å². The molecule has 1 heterocycles. The maximum Gasteiger partial charge on any atom is 0.0691 e. The van der Waals surface area contributed by atoms with Crippen molar-refractivity contribution in [3.8, 4) is 0 Å². The molecule has 0 aliphatic carbocycles. The van der Waals surface area contributed by atoms with Crippen LogP contribution in [0.3, 0.4) is 0 Å². The summed E-state index contributed by atoms with van der Waals surface area (Å²) >= 11 is 0. The highest BCUT2D eigenvalue weighted by Crippen LogP contribution is 2.22. The van der Waals surface area contributed by atoms with E-state index in [-0.39, 0.29) is 6.61 Å². The molecule has 0 radical (unpaired) electrons. The van der Waals surface area contributed by atoms with E-state index in [0.717, 1.165) is 16.8 Å². The van der Waals surface area contributed by atoms with Gasteiger partial charge in [-0.05, 0) is 32.4 Å². The molecule has 0 atom stereocenters. The number of aliphatic hydroxyl groups is 1. The normalized spacial score (nSPS) is 11.5. The van der Waals surface area contributed by atoms with Gasteiger partial charge in [0, 0.05) is 11.4 Å². The molecule has 0 saturated carbocycles. The van der Waals surface area contributed by atoms with E-state index < -0.39 is 0 Å². The van der Waals surface area contributed by atoms with Crippen LogP contribution in [-0.4, -0.2) is 14.9 Å². The molecule has 2 aromatic rings. The fourth-order valence-electron chi connectivity index (χ4n) is 1.83. The van der Waals surface area contributed by atoms with Crippen molar-refractivity contribution in [1.29, 1.82) is 0 Å². The van der Waals surface area contributed by atoms with E-state index in [9.17, 15) is 0 Å². The molecule has 80 valence electrons. The molecular formula is C12H16N2O. The topological polar surface area (TPSA) is 38.0 Å². The van der Waals surface area contributed by atoms with Crippen LogP contribution in [0.2, 0.25) is 0 Å². The molecule has 0 fully saturated rings. The number of fused-ring (bicyclic) bond motifs is 1. The SMILES string of the molecule is Cc1nn(C(C)C)c2cc(CO)ccc12. The lowest BCUT2D eigenvalue weighted by molar-refractivity contribution is 0.282. The standard InChI is InChI=1S/C12H16N2O/c1-8(2)14-12-6-10(7-15)4-5-11(12)9(3)13-14/h4-6,8,15H,7H2,1-3H3. The van der Waals surface area contributed by atoms with Crippen molar-refractivity contribution in [3.05, 3.63) is 29.5 Å². The zero-order valence-corrected chi connectivity index (χ0v) is 9.36. The number of benzene rings is 1.